The lowest BCUT2D eigenvalue weighted by Crippen LogP contribution is -2.27. The van der Waals surface area contributed by atoms with E-state index >= 15 is 0 Å². The fourth-order valence-corrected chi connectivity index (χ4v) is 2.41. The molecule has 0 spiro atoms. The summed E-state index contributed by atoms with van der Waals surface area (Å²) >= 11 is 1.47. The number of nitrogens with two attached hydrogens (primary N) is 1. The van der Waals surface area contributed by atoms with Gasteiger partial charge in [-0.1, -0.05) is 0 Å². The van der Waals surface area contributed by atoms with E-state index in [1.54, 1.807) is 16.3 Å². The average molecular weight is 279 g/mol. The number of rotatable bonds is 6. The van der Waals surface area contributed by atoms with E-state index in [9.17, 15) is 4.79 Å². The highest BCUT2D eigenvalue weighted by molar-refractivity contribution is 7.09. The predicted octanol–water partition coefficient (Wildman–Crippen LogP) is 0.579. The van der Waals surface area contributed by atoms with E-state index < -0.39 is 0 Å². The largest absolute Gasteiger partial charge is 0.349 e. The molecule has 0 unspecified atom stereocenters. The van der Waals surface area contributed by atoms with Crippen LogP contribution in [0.1, 0.15) is 21.1 Å². The second-order valence-electron chi connectivity index (χ2n) is 4.20. The number of nitrogens with zero attached hydrogens (tertiary/aromatic N) is 3. The first-order valence-corrected chi connectivity index (χ1v) is 6.98. The summed E-state index contributed by atoms with van der Waals surface area (Å²) < 4.78 is 1.80. The molecule has 19 heavy (non-hydrogen) atoms. The van der Waals surface area contributed by atoms with Crippen LogP contribution in [0.15, 0.2) is 17.8 Å². The zero-order valence-corrected chi connectivity index (χ0v) is 11.6. The number of thiazole rings is 1. The van der Waals surface area contributed by atoms with E-state index in [0.717, 1.165) is 10.6 Å². The van der Waals surface area contributed by atoms with E-state index in [1.165, 1.54) is 11.3 Å². The smallest absolute Gasteiger partial charge is 0.270 e. The van der Waals surface area contributed by atoms with Gasteiger partial charge in [-0.2, -0.15) is 5.10 Å². The van der Waals surface area contributed by atoms with Crippen molar-refractivity contribution in [2.24, 2.45) is 5.73 Å². The number of nitrogens with one attached hydrogen (secondary N) is 1. The van der Waals surface area contributed by atoms with Gasteiger partial charge in [0.05, 0.1) is 17.7 Å². The highest BCUT2D eigenvalue weighted by Gasteiger charge is 2.09. The first kappa shape index (κ1) is 13.7. The zero-order valence-electron chi connectivity index (χ0n) is 10.8. The minimum Gasteiger partial charge on any atom is -0.349 e. The second kappa shape index (κ2) is 6.44. The molecule has 1 amide bonds. The monoisotopic (exact) mass is 279 g/mol. The molecular formula is C12H17N5OS. The van der Waals surface area contributed by atoms with Crippen LogP contribution < -0.4 is 11.1 Å². The lowest BCUT2D eigenvalue weighted by molar-refractivity contribution is 0.0947. The molecule has 0 saturated heterocycles. The SMILES string of the molecule is Cc1cnn(CCNC(=O)c2csc(CCN)n2)c1. The Morgan fingerprint density at radius 2 is 2.42 bits per heavy atom. The van der Waals surface area contributed by atoms with Crippen LogP contribution in [0.2, 0.25) is 0 Å². The molecule has 0 fully saturated rings. The van der Waals surface area contributed by atoms with Crippen LogP contribution >= 0.6 is 11.3 Å². The summed E-state index contributed by atoms with van der Waals surface area (Å²) in [5.41, 5.74) is 7.02. The van der Waals surface area contributed by atoms with Crippen LogP contribution in [-0.4, -0.2) is 33.8 Å². The molecule has 0 aliphatic rings. The van der Waals surface area contributed by atoms with Crippen molar-refractivity contribution >= 4 is 17.2 Å². The highest BCUT2D eigenvalue weighted by Crippen LogP contribution is 2.09. The molecule has 2 rings (SSSR count). The Morgan fingerprint density at radius 1 is 1.58 bits per heavy atom. The van der Waals surface area contributed by atoms with Gasteiger partial charge in [0, 0.05) is 24.5 Å². The molecule has 2 aromatic heterocycles. The molecule has 0 saturated carbocycles. The van der Waals surface area contributed by atoms with Gasteiger partial charge in [-0.15, -0.1) is 11.3 Å². The molecule has 2 heterocycles. The first-order valence-electron chi connectivity index (χ1n) is 6.11. The van der Waals surface area contributed by atoms with E-state index in [4.69, 9.17) is 5.73 Å². The Morgan fingerprint density at radius 3 is 3.11 bits per heavy atom. The predicted molar refractivity (Wildman–Crippen MR) is 74.2 cm³/mol. The Hall–Kier alpha value is -1.73. The fourth-order valence-electron chi connectivity index (χ4n) is 1.62. The molecule has 0 aromatic carbocycles. The Kier molecular flexibility index (Phi) is 4.64. The number of aromatic nitrogens is 3. The van der Waals surface area contributed by atoms with E-state index in [1.807, 2.05) is 13.1 Å². The Bertz CT molecular complexity index is 548. The van der Waals surface area contributed by atoms with Gasteiger partial charge in [0.2, 0.25) is 0 Å². The fraction of sp³-hybridized carbons (Fsp3) is 0.417. The maximum absolute atomic E-state index is 11.8. The van der Waals surface area contributed by atoms with Crippen molar-refractivity contribution in [2.75, 3.05) is 13.1 Å². The van der Waals surface area contributed by atoms with Crippen LogP contribution in [0.25, 0.3) is 0 Å². The van der Waals surface area contributed by atoms with Crippen LogP contribution in [-0.2, 0) is 13.0 Å². The molecule has 2 aromatic rings. The molecule has 0 aliphatic heterocycles. The summed E-state index contributed by atoms with van der Waals surface area (Å²) in [6, 6.07) is 0. The van der Waals surface area contributed by atoms with Crippen molar-refractivity contribution in [3.8, 4) is 0 Å². The summed E-state index contributed by atoms with van der Waals surface area (Å²) in [5, 5.41) is 9.64. The number of carbonyl (C=O) groups excluding carboxylic acids is 1. The topological polar surface area (TPSA) is 85.8 Å². The van der Waals surface area contributed by atoms with Gasteiger partial charge >= 0.3 is 0 Å². The molecule has 7 heteroatoms. The van der Waals surface area contributed by atoms with Gasteiger partial charge in [-0.05, 0) is 19.0 Å². The first-order chi connectivity index (χ1) is 9.19. The van der Waals surface area contributed by atoms with Gasteiger partial charge in [0.1, 0.15) is 5.69 Å². The number of carbonyl (C=O) groups is 1. The quantitative estimate of drug-likeness (QED) is 0.810. The van der Waals surface area contributed by atoms with Crippen molar-refractivity contribution in [2.45, 2.75) is 19.9 Å². The van der Waals surface area contributed by atoms with E-state index in [2.05, 4.69) is 15.4 Å². The molecule has 102 valence electrons. The molecular weight excluding hydrogens is 262 g/mol. The second-order valence-corrected chi connectivity index (χ2v) is 5.14. The van der Waals surface area contributed by atoms with Crippen molar-refractivity contribution < 1.29 is 4.79 Å². The summed E-state index contributed by atoms with van der Waals surface area (Å²) in [6.07, 6.45) is 4.44. The standard InChI is InChI=1S/C12H17N5OS/c1-9-6-15-17(7-9)5-4-14-12(18)10-8-19-11(16-10)2-3-13/h6-8H,2-5,13H2,1H3,(H,14,18). The summed E-state index contributed by atoms with van der Waals surface area (Å²) in [5.74, 6) is -0.150. The molecule has 6 nitrogen and oxygen atoms in total. The maximum Gasteiger partial charge on any atom is 0.270 e. The Labute approximate surface area is 115 Å². The third kappa shape index (κ3) is 3.87. The van der Waals surface area contributed by atoms with Crippen molar-refractivity contribution in [3.05, 3.63) is 34.0 Å². The normalized spacial score (nSPS) is 10.6. The third-order valence-electron chi connectivity index (χ3n) is 2.53. The van der Waals surface area contributed by atoms with Crippen LogP contribution in [0, 0.1) is 6.92 Å². The minimum atomic E-state index is -0.150. The zero-order chi connectivity index (χ0) is 13.7. The molecule has 0 aliphatic carbocycles. The van der Waals surface area contributed by atoms with Gasteiger partial charge in [-0.25, -0.2) is 4.98 Å². The number of hydrogen-bond donors (Lipinski definition) is 2. The molecule has 0 bridgehead atoms. The minimum absolute atomic E-state index is 0.150. The van der Waals surface area contributed by atoms with Gasteiger partial charge < -0.3 is 11.1 Å². The number of amides is 1. The average Bonchev–Trinajstić information content (AvgIpc) is 2.99. The van der Waals surface area contributed by atoms with Crippen molar-refractivity contribution in [1.29, 1.82) is 0 Å². The van der Waals surface area contributed by atoms with Crippen molar-refractivity contribution in [1.82, 2.24) is 20.1 Å². The van der Waals surface area contributed by atoms with Gasteiger partial charge in [0.25, 0.3) is 5.91 Å². The number of aryl methyl sites for hydroxylation is 1. The highest BCUT2D eigenvalue weighted by atomic mass is 32.1. The summed E-state index contributed by atoms with van der Waals surface area (Å²) in [6.45, 7) is 3.71. The van der Waals surface area contributed by atoms with E-state index in [0.29, 0.717) is 31.7 Å². The Balaban J connectivity index is 1.80. The molecule has 3 N–H and O–H groups in total. The molecule has 0 radical (unpaired) electrons. The maximum atomic E-state index is 11.8. The van der Waals surface area contributed by atoms with Crippen LogP contribution in [0.5, 0.6) is 0 Å². The lowest BCUT2D eigenvalue weighted by Gasteiger charge is -2.03. The lowest BCUT2D eigenvalue weighted by atomic mass is 10.4. The van der Waals surface area contributed by atoms with Gasteiger partial charge in [0.15, 0.2) is 0 Å². The summed E-state index contributed by atoms with van der Waals surface area (Å²) in [4.78, 5) is 16.1. The van der Waals surface area contributed by atoms with Gasteiger partial charge in [-0.3, -0.25) is 9.48 Å². The van der Waals surface area contributed by atoms with Crippen LogP contribution in [0.4, 0.5) is 0 Å². The number of hydrogen-bond acceptors (Lipinski definition) is 5. The summed E-state index contributed by atoms with van der Waals surface area (Å²) in [7, 11) is 0. The third-order valence-corrected chi connectivity index (χ3v) is 3.44. The van der Waals surface area contributed by atoms with Crippen molar-refractivity contribution in [3.63, 3.8) is 0 Å². The molecule has 0 atom stereocenters. The van der Waals surface area contributed by atoms with Crippen LogP contribution in [0.3, 0.4) is 0 Å². The van der Waals surface area contributed by atoms with E-state index in [-0.39, 0.29) is 5.91 Å².